The molecule has 1 aromatic heterocycles. The van der Waals surface area contributed by atoms with E-state index in [1.807, 2.05) is 37.4 Å². The average molecular weight is 331 g/mol. The average Bonchev–Trinajstić information content (AvgIpc) is 2.49. The van der Waals surface area contributed by atoms with Crippen LogP contribution in [0.1, 0.15) is 33.4 Å². The number of likely N-dealkylation sites (N-methyl/N-ethyl adjacent to an activating group) is 1. The van der Waals surface area contributed by atoms with E-state index in [-0.39, 0.29) is 17.4 Å². The number of aromatic nitrogens is 1. The zero-order valence-electron chi connectivity index (χ0n) is 14.3. The van der Waals surface area contributed by atoms with Crippen LogP contribution >= 0.6 is 11.6 Å². The SMILES string of the molecule is CC(N(C)C(=O)/C=C/c1ccc2ccc(Cl)cc2n1)C(C)(C)C. The Bertz CT molecular complexity index is 747. The Labute approximate surface area is 143 Å². The zero-order chi connectivity index (χ0) is 17.2. The van der Waals surface area contributed by atoms with E-state index >= 15 is 0 Å². The molecule has 3 nitrogen and oxygen atoms in total. The summed E-state index contributed by atoms with van der Waals surface area (Å²) in [4.78, 5) is 18.6. The fourth-order valence-corrected chi connectivity index (χ4v) is 2.41. The first kappa shape index (κ1) is 17.5. The van der Waals surface area contributed by atoms with Crippen LogP contribution in [0.25, 0.3) is 17.0 Å². The monoisotopic (exact) mass is 330 g/mol. The second kappa shape index (κ2) is 6.71. The minimum Gasteiger partial charge on any atom is -0.339 e. The third-order valence-electron chi connectivity index (χ3n) is 4.25. The molecule has 1 amide bonds. The molecule has 0 saturated carbocycles. The molecule has 0 bridgehead atoms. The second-order valence-electron chi connectivity index (χ2n) is 6.90. The normalized spacial score (nSPS) is 13.5. The molecule has 1 atom stereocenters. The molecule has 0 aliphatic rings. The van der Waals surface area contributed by atoms with Gasteiger partial charge in [0.2, 0.25) is 5.91 Å². The fourth-order valence-electron chi connectivity index (χ4n) is 2.24. The topological polar surface area (TPSA) is 33.2 Å². The molecule has 122 valence electrons. The van der Waals surface area contributed by atoms with Gasteiger partial charge in [-0.1, -0.05) is 44.5 Å². The van der Waals surface area contributed by atoms with E-state index in [4.69, 9.17) is 11.6 Å². The number of halogens is 1. The van der Waals surface area contributed by atoms with Crippen molar-refractivity contribution in [2.45, 2.75) is 33.7 Å². The van der Waals surface area contributed by atoms with Crippen LogP contribution in [-0.2, 0) is 4.79 Å². The summed E-state index contributed by atoms with van der Waals surface area (Å²) in [6.07, 6.45) is 3.31. The third kappa shape index (κ3) is 4.32. The number of rotatable bonds is 3. The van der Waals surface area contributed by atoms with E-state index in [0.29, 0.717) is 5.02 Å². The number of amides is 1. The lowest BCUT2D eigenvalue weighted by Crippen LogP contribution is -2.42. The first-order valence-corrected chi connectivity index (χ1v) is 8.07. The van der Waals surface area contributed by atoms with E-state index in [2.05, 4.69) is 32.7 Å². The Hall–Kier alpha value is -1.87. The molecule has 0 radical (unpaired) electrons. The highest BCUT2D eigenvalue weighted by molar-refractivity contribution is 6.31. The predicted molar refractivity (Wildman–Crippen MR) is 97.5 cm³/mol. The number of hydrogen-bond acceptors (Lipinski definition) is 2. The molecule has 0 fully saturated rings. The van der Waals surface area contributed by atoms with Crippen LogP contribution < -0.4 is 0 Å². The number of carbonyl (C=O) groups excluding carboxylic acids is 1. The molecule has 23 heavy (non-hydrogen) atoms. The molecule has 1 unspecified atom stereocenters. The highest BCUT2D eigenvalue weighted by Crippen LogP contribution is 2.23. The highest BCUT2D eigenvalue weighted by Gasteiger charge is 2.25. The van der Waals surface area contributed by atoms with Crippen LogP contribution in [0.5, 0.6) is 0 Å². The molecule has 0 aliphatic carbocycles. The number of pyridine rings is 1. The number of nitrogens with zero attached hydrogens (tertiary/aromatic N) is 2. The summed E-state index contributed by atoms with van der Waals surface area (Å²) in [6, 6.07) is 9.61. The lowest BCUT2D eigenvalue weighted by atomic mass is 9.87. The minimum absolute atomic E-state index is 0.0274. The van der Waals surface area contributed by atoms with Gasteiger partial charge < -0.3 is 4.90 Å². The van der Waals surface area contributed by atoms with Crippen molar-refractivity contribution in [3.8, 4) is 0 Å². The van der Waals surface area contributed by atoms with E-state index < -0.39 is 0 Å². The van der Waals surface area contributed by atoms with Crippen LogP contribution in [0, 0.1) is 5.41 Å². The van der Waals surface area contributed by atoms with Gasteiger partial charge in [0, 0.05) is 29.6 Å². The maximum absolute atomic E-state index is 12.3. The Balaban J connectivity index is 2.18. The van der Waals surface area contributed by atoms with Crippen molar-refractivity contribution < 1.29 is 4.79 Å². The summed E-state index contributed by atoms with van der Waals surface area (Å²) in [5.41, 5.74) is 1.60. The van der Waals surface area contributed by atoms with E-state index in [1.54, 1.807) is 17.1 Å². The molecular weight excluding hydrogens is 308 g/mol. The van der Waals surface area contributed by atoms with Gasteiger partial charge in [0.1, 0.15) is 0 Å². The largest absolute Gasteiger partial charge is 0.339 e. The molecule has 0 saturated heterocycles. The predicted octanol–water partition coefficient (Wildman–Crippen LogP) is 4.79. The van der Waals surface area contributed by atoms with Gasteiger partial charge in [-0.2, -0.15) is 0 Å². The van der Waals surface area contributed by atoms with Crippen LogP contribution in [0.2, 0.25) is 5.02 Å². The Morgan fingerprint density at radius 1 is 1.26 bits per heavy atom. The quantitative estimate of drug-likeness (QED) is 0.758. The molecule has 0 spiro atoms. The van der Waals surface area contributed by atoms with Gasteiger partial charge in [-0.15, -0.1) is 0 Å². The molecular formula is C19H23ClN2O. The maximum Gasteiger partial charge on any atom is 0.246 e. The summed E-state index contributed by atoms with van der Waals surface area (Å²) in [7, 11) is 1.83. The summed E-state index contributed by atoms with van der Waals surface area (Å²) >= 11 is 6.00. The summed E-state index contributed by atoms with van der Waals surface area (Å²) in [5, 5.41) is 1.68. The van der Waals surface area contributed by atoms with Crippen LogP contribution in [0.15, 0.2) is 36.4 Å². The van der Waals surface area contributed by atoms with Crippen molar-refractivity contribution in [3.05, 3.63) is 47.1 Å². The molecule has 2 aromatic rings. The number of benzene rings is 1. The van der Waals surface area contributed by atoms with Crippen LogP contribution in [0.4, 0.5) is 0 Å². The molecule has 4 heteroatoms. The molecule has 1 heterocycles. The molecule has 2 rings (SSSR count). The van der Waals surface area contributed by atoms with Gasteiger partial charge in [0.15, 0.2) is 0 Å². The number of carbonyl (C=O) groups is 1. The van der Waals surface area contributed by atoms with Gasteiger partial charge in [-0.05, 0) is 36.6 Å². The molecule has 1 aromatic carbocycles. The standard InChI is InChI=1S/C19H23ClN2O/c1-13(19(2,3)4)22(5)18(23)11-10-16-9-7-14-6-8-15(20)12-17(14)21-16/h6-13H,1-5H3/b11-10+. The minimum atomic E-state index is -0.0274. The van der Waals surface area contributed by atoms with Crippen LogP contribution in [-0.4, -0.2) is 28.9 Å². The fraction of sp³-hybridized carbons (Fsp3) is 0.368. The molecule has 0 N–H and O–H groups in total. The van der Waals surface area contributed by atoms with Crippen LogP contribution in [0.3, 0.4) is 0 Å². The smallest absolute Gasteiger partial charge is 0.246 e. The van der Waals surface area contributed by atoms with Crippen molar-refractivity contribution >= 4 is 34.5 Å². The summed E-state index contributed by atoms with van der Waals surface area (Å²) in [6.45, 7) is 8.43. The van der Waals surface area contributed by atoms with Gasteiger partial charge >= 0.3 is 0 Å². The Morgan fingerprint density at radius 3 is 2.57 bits per heavy atom. The number of hydrogen-bond donors (Lipinski definition) is 0. The Kier molecular flexibility index (Phi) is 5.10. The highest BCUT2D eigenvalue weighted by atomic mass is 35.5. The van der Waals surface area contributed by atoms with Crippen molar-refractivity contribution in [3.63, 3.8) is 0 Å². The van der Waals surface area contributed by atoms with Crippen molar-refractivity contribution in [2.24, 2.45) is 5.41 Å². The summed E-state index contributed by atoms with van der Waals surface area (Å²) in [5.74, 6) is -0.0274. The zero-order valence-corrected chi connectivity index (χ0v) is 15.1. The third-order valence-corrected chi connectivity index (χ3v) is 4.49. The van der Waals surface area contributed by atoms with E-state index in [0.717, 1.165) is 16.6 Å². The van der Waals surface area contributed by atoms with E-state index in [9.17, 15) is 4.79 Å². The second-order valence-corrected chi connectivity index (χ2v) is 7.33. The van der Waals surface area contributed by atoms with Gasteiger partial charge in [0.05, 0.1) is 11.2 Å². The number of fused-ring (bicyclic) bond motifs is 1. The summed E-state index contributed by atoms with van der Waals surface area (Å²) < 4.78 is 0. The van der Waals surface area contributed by atoms with Crippen molar-refractivity contribution in [1.29, 1.82) is 0 Å². The van der Waals surface area contributed by atoms with Gasteiger partial charge in [-0.25, -0.2) is 4.98 Å². The van der Waals surface area contributed by atoms with Crippen molar-refractivity contribution in [1.82, 2.24) is 9.88 Å². The lowest BCUT2D eigenvalue weighted by molar-refractivity contribution is -0.128. The first-order chi connectivity index (χ1) is 10.7. The van der Waals surface area contributed by atoms with Crippen molar-refractivity contribution in [2.75, 3.05) is 7.05 Å². The lowest BCUT2D eigenvalue weighted by Gasteiger charge is -2.34. The van der Waals surface area contributed by atoms with Gasteiger partial charge in [-0.3, -0.25) is 4.79 Å². The maximum atomic E-state index is 12.3. The van der Waals surface area contributed by atoms with Gasteiger partial charge in [0.25, 0.3) is 0 Å². The first-order valence-electron chi connectivity index (χ1n) is 7.69. The molecule has 0 aliphatic heterocycles. The van der Waals surface area contributed by atoms with E-state index in [1.165, 1.54) is 0 Å². The Morgan fingerprint density at radius 2 is 1.91 bits per heavy atom.